The molecule has 2 saturated heterocycles. The van der Waals surface area contributed by atoms with Gasteiger partial charge in [0.1, 0.15) is 0 Å². The molecule has 18 heavy (non-hydrogen) atoms. The van der Waals surface area contributed by atoms with Crippen LogP contribution in [0.25, 0.3) is 0 Å². The standard InChI is InChI=1S/C13H23NO4/c15-7-5-10-2-1-6-14(8-10)9-11-3-4-12(18-11)13(16)17/h10-12,15H,1-9H2,(H,16,17). The van der Waals surface area contributed by atoms with Crippen LogP contribution in [0.15, 0.2) is 0 Å². The van der Waals surface area contributed by atoms with Crippen LogP contribution in [0, 0.1) is 5.92 Å². The molecular weight excluding hydrogens is 234 g/mol. The Morgan fingerprint density at radius 2 is 2.17 bits per heavy atom. The molecule has 3 unspecified atom stereocenters. The number of carboxylic acid groups (broad SMARTS) is 1. The number of likely N-dealkylation sites (tertiary alicyclic amines) is 1. The van der Waals surface area contributed by atoms with E-state index < -0.39 is 12.1 Å². The first-order valence-corrected chi connectivity index (χ1v) is 6.90. The molecule has 0 aromatic rings. The predicted molar refractivity (Wildman–Crippen MR) is 66.4 cm³/mol. The van der Waals surface area contributed by atoms with Crippen molar-refractivity contribution in [3.05, 3.63) is 0 Å². The molecule has 0 spiro atoms. The van der Waals surface area contributed by atoms with Gasteiger partial charge in [0.25, 0.3) is 0 Å². The molecule has 3 atom stereocenters. The first-order valence-electron chi connectivity index (χ1n) is 6.90. The third-order valence-corrected chi connectivity index (χ3v) is 3.99. The van der Waals surface area contributed by atoms with Crippen molar-refractivity contribution in [2.75, 3.05) is 26.2 Å². The molecule has 2 fully saturated rings. The molecular formula is C13H23NO4. The Morgan fingerprint density at radius 1 is 1.33 bits per heavy atom. The number of ether oxygens (including phenoxy) is 1. The van der Waals surface area contributed by atoms with Gasteiger partial charge < -0.3 is 19.8 Å². The summed E-state index contributed by atoms with van der Waals surface area (Å²) in [6.07, 6.45) is 4.18. The van der Waals surface area contributed by atoms with Crippen molar-refractivity contribution in [1.82, 2.24) is 4.90 Å². The molecule has 0 saturated carbocycles. The number of piperidine rings is 1. The summed E-state index contributed by atoms with van der Waals surface area (Å²) in [6.45, 7) is 3.18. The number of hydrogen-bond acceptors (Lipinski definition) is 4. The number of aliphatic hydroxyl groups is 1. The molecule has 5 heteroatoms. The van der Waals surface area contributed by atoms with Crippen molar-refractivity contribution in [3.63, 3.8) is 0 Å². The van der Waals surface area contributed by atoms with Crippen molar-refractivity contribution in [2.24, 2.45) is 5.92 Å². The van der Waals surface area contributed by atoms with Gasteiger partial charge in [0.15, 0.2) is 6.10 Å². The maximum atomic E-state index is 10.8. The van der Waals surface area contributed by atoms with Crippen molar-refractivity contribution < 1.29 is 19.7 Å². The van der Waals surface area contributed by atoms with Gasteiger partial charge in [0.2, 0.25) is 0 Å². The molecule has 0 aromatic carbocycles. The number of carboxylic acids is 1. The first-order chi connectivity index (χ1) is 8.69. The summed E-state index contributed by atoms with van der Waals surface area (Å²) in [5.74, 6) is -0.255. The molecule has 0 aliphatic carbocycles. The Kier molecular flexibility index (Phi) is 4.97. The molecule has 104 valence electrons. The molecule has 0 amide bonds. The number of hydrogen-bond donors (Lipinski definition) is 2. The highest BCUT2D eigenvalue weighted by molar-refractivity contribution is 5.72. The van der Waals surface area contributed by atoms with Crippen LogP contribution in [-0.4, -0.2) is 59.5 Å². The zero-order valence-corrected chi connectivity index (χ0v) is 10.8. The van der Waals surface area contributed by atoms with Crippen LogP contribution in [-0.2, 0) is 9.53 Å². The first kappa shape index (κ1) is 13.8. The summed E-state index contributed by atoms with van der Waals surface area (Å²) in [7, 11) is 0. The molecule has 2 aliphatic rings. The molecule has 2 aliphatic heterocycles. The van der Waals surface area contributed by atoms with Crippen molar-refractivity contribution >= 4 is 5.97 Å². The number of aliphatic hydroxyl groups excluding tert-OH is 1. The minimum absolute atomic E-state index is 0.0685. The quantitative estimate of drug-likeness (QED) is 0.759. The van der Waals surface area contributed by atoms with Crippen molar-refractivity contribution in [1.29, 1.82) is 0 Å². The molecule has 2 N–H and O–H groups in total. The second-order valence-corrected chi connectivity index (χ2v) is 5.44. The summed E-state index contributed by atoms with van der Waals surface area (Å²) in [5, 5.41) is 17.9. The van der Waals surface area contributed by atoms with Gasteiger partial charge in [-0.15, -0.1) is 0 Å². The van der Waals surface area contributed by atoms with E-state index in [2.05, 4.69) is 4.90 Å². The number of rotatable bonds is 5. The monoisotopic (exact) mass is 257 g/mol. The van der Waals surface area contributed by atoms with Crippen molar-refractivity contribution in [2.45, 2.75) is 44.3 Å². The maximum Gasteiger partial charge on any atom is 0.332 e. The van der Waals surface area contributed by atoms with Crippen LogP contribution < -0.4 is 0 Å². The zero-order chi connectivity index (χ0) is 13.0. The predicted octanol–water partition coefficient (Wildman–Crippen LogP) is 0.713. The molecule has 0 aromatic heterocycles. The van der Waals surface area contributed by atoms with E-state index in [1.807, 2.05) is 0 Å². The summed E-state index contributed by atoms with van der Waals surface area (Å²) in [6, 6.07) is 0. The highest BCUT2D eigenvalue weighted by Crippen LogP contribution is 2.24. The Labute approximate surface area is 108 Å². The van der Waals surface area contributed by atoms with E-state index in [1.165, 1.54) is 12.8 Å². The number of nitrogens with zero attached hydrogens (tertiary/aromatic N) is 1. The largest absolute Gasteiger partial charge is 0.479 e. The van der Waals surface area contributed by atoms with E-state index in [4.69, 9.17) is 14.9 Å². The van der Waals surface area contributed by atoms with E-state index in [9.17, 15) is 4.79 Å². The Hall–Kier alpha value is -0.650. The molecule has 2 heterocycles. The minimum Gasteiger partial charge on any atom is -0.479 e. The van der Waals surface area contributed by atoms with Gasteiger partial charge in [-0.2, -0.15) is 0 Å². The van der Waals surface area contributed by atoms with Crippen LogP contribution in [0.1, 0.15) is 32.1 Å². The lowest BCUT2D eigenvalue weighted by Gasteiger charge is -2.33. The van der Waals surface area contributed by atoms with Gasteiger partial charge in [-0.25, -0.2) is 4.79 Å². The lowest BCUT2D eigenvalue weighted by molar-refractivity contribution is -0.149. The topological polar surface area (TPSA) is 70.0 Å². The van der Waals surface area contributed by atoms with Gasteiger partial charge in [0, 0.05) is 19.7 Å². The smallest absolute Gasteiger partial charge is 0.332 e. The molecule has 0 bridgehead atoms. The summed E-state index contributed by atoms with van der Waals surface area (Å²) in [4.78, 5) is 13.2. The fourth-order valence-corrected chi connectivity index (χ4v) is 3.04. The minimum atomic E-state index is -0.839. The van der Waals surface area contributed by atoms with Gasteiger partial charge in [-0.3, -0.25) is 0 Å². The van der Waals surface area contributed by atoms with E-state index in [0.717, 1.165) is 32.5 Å². The average molecular weight is 257 g/mol. The fourth-order valence-electron chi connectivity index (χ4n) is 3.04. The molecule has 0 radical (unpaired) electrons. The normalized spacial score (nSPS) is 33.7. The van der Waals surface area contributed by atoms with Gasteiger partial charge in [-0.05, 0) is 44.6 Å². The van der Waals surface area contributed by atoms with Crippen molar-refractivity contribution in [3.8, 4) is 0 Å². The third-order valence-electron chi connectivity index (χ3n) is 3.99. The van der Waals surface area contributed by atoms with Crippen LogP contribution in [0.5, 0.6) is 0 Å². The Balaban J connectivity index is 1.74. The van der Waals surface area contributed by atoms with E-state index in [0.29, 0.717) is 12.3 Å². The summed E-state index contributed by atoms with van der Waals surface area (Å²) < 4.78 is 5.53. The van der Waals surface area contributed by atoms with Crippen LogP contribution in [0.4, 0.5) is 0 Å². The third kappa shape index (κ3) is 3.67. The van der Waals surface area contributed by atoms with Crippen LogP contribution >= 0.6 is 0 Å². The van der Waals surface area contributed by atoms with Crippen LogP contribution in [0.2, 0.25) is 0 Å². The highest BCUT2D eigenvalue weighted by atomic mass is 16.5. The molecule has 2 rings (SSSR count). The Morgan fingerprint density at radius 3 is 2.83 bits per heavy atom. The van der Waals surface area contributed by atoms with Gasteiger partial charge in [0.05, 0.1) is 6.10 Å². The maximum absolute atomic E-state index is 10.8. The number of carbonyl (C=O) groups is 1. The molecule has 5 nitrogen and oxygen atoms in total. The van der Waals surface area contributed by atoms with E-state index in [-0.39, 0.29) is 12.7 Å². The number of aliphatic carboxylic acids is 1. The average Bonchev–Trinajstić information content (AvgIpc) is 2.78. The fraction of sp³-hybridized carbons (Fsp3) is 0.923. The zero-order valence-electron chi connectivity index (χ0n) is 10.8. The lowest BCUT2D eigenvalue weighted by atomic mass is 9.95. The summed E-state index contributed by atoms with van der Waals surface area (Å²) >= 11 is 0. The summed E-state index contributed by atoms with van der Waals surface area (Å²) in [5.41, 5.74) is 0. The second kappa shape index (κ2) is 6.50. The second-order valence-electron chi connectivity index (χ2n) is 5.44. The highest BCUT2D eigenvalue weighted by Gasteiger charge is 2.32. The van der Waals surface area contributed by atoms with Gasteiger partial charge in [-0.1, -0.05) is 0 Å². The van der Waals surface area contributed by atoms with E-state index >= 15 is 0 Å². The lowest BCUT2D eigenvalue weighted by Crippen LogP contribution is -2.40. The van der Waals surface area contributed by atoms with E-state index in [1.54, 1.807) is 0 Å². The Bertz CT molecular complexity index is 282. The van der Waals surface area contributed by atoms with Crippen LogP contribution in [0.3, 0.4) is 0 Å². The van der Waals surface area contributed by atoms with Gasteiger partial charge >= 0.3 is 5.97 Å². The SMILES string of the molecule is O=C(O)C1CCC(CN2CCCC(CCO)C2)O1.